The van der Waals surface area contributed by atoms with Gasteiger partial charge in [0.2, 0.25) is 10.0 Å². The van der Waals surface area contributed by atoms with E-state index in [-0.39, 0.29) is 11.7 Å². The summed E-state index contributed by atoms with van der Waals surface area (Å²) in [6.45, 7) is 2.33. The summed E-state index contributed by atoms with van der Waals surface area (Å²) in [5, 5.41) is 9.86. The molecule has 1 aliphatic carbocycles. The number of hydrogen-bond donors (Lipinski definition) is 1. The van der Waals surface area contributed by atoms with Crippen LogP contribution in [0.2, 0.25) is 0 Å². The van der Waals surface area contributed by atoms with E-state index in [0.29, 0.717) is 17.9 Å². The Hall–Kier alpha value is -0.950. The van der Waals surface area contributed by atoms with Crippen molar-refractivity contribution in [3.63, 3.8) is 0 Å². The van der Waals surface area contributed by atoms with Crippen LogP contribution in [0.4, 0.5) is 0 Å². The van der Waals surface area contributed by atoms with E-state index in [1.54, 1.807) is 31.3 Å². The zero-order valence-corrected chi connectivity index (χ0v) is 13.8. The lowest BCUT2D eigenvalue weighted by atomic mass is 9.85. The molecule has 2 fully saturated rings. The van der Waals surface area contributed by atoms with Crippen molar-refractivity contribution in [3.05, 3.63) is 29.8 Å². The Bertz CT molecular complexity index is 643. The molecule has 1 heterocycles. The summed E-state index contributed by atoms with van der Waals surface area (Å²) < 4.78 is 32.1. The summed E-state index contributed by atoms with van der Waals surface area (Å²) in [6.07, 6.45) is 2.77. The third-order valence-electron chi connectivity index (χ3n) is 4.85. The minimum absolute atomic E-state index is 0.100. The summed E-state index contributed by atoms with van der Waals surface area (Å²) in [7, 11) is -1.86. The average molecular weight is 325 g/mol. The summed E-state index contributed by atoms with van der Waals surface area (Å²) in [6, 6.07) is 6.88. The standard InChI is InChI=1S/C16H23NO4S/c1-12-5-7-13(8-6-12)22(19,20)17(2)11-10-16-9-3-4-14(18)15(16)21-16/h5-8,14-15,18H,3-4,9-11H2,1-2H3/t14-,15-,16-/m1/s1. The molecule has 122 valence electrons. The van der Waals surface area contributed by atoms with Gasteiger partial charge < -0.3 is 9.84 Å². The van der Waals surface area contributed by atoms with Gasteiger partial charge in [0.15, 0.2) is 0 Å². The van der Waals surface area contributed by atoms with Crippen molar-refractivity contribution in [1.82, 2.24) is 4.31 Å². The minimum Gasteiger partial charge on any atom is -0.390 e. The molecule has 1 aromatic carbocycles. The summed E-state index contributed by atoms with van der Waals surface area (Å²) >= 11 is 0. The van der Waals surface area contributed by atoms with Crippen LogP contribution >= 0.6 is 0 Å². The molecule has 22 heavy (non-hydrogen) atoms. The molecular weight excluding hydrogens is 302 g/mol. The number of aliphatic hydroxyl groups is 1. The maximum Gasteiger partial charge on any atom is 0.242 e. The van der Waals surface area contributed by atoms with Crippen molar-refractivity contribution in [3.8, 4) is 0 Å². The van der Waals surface area contributed by atoms with Crippen molar-refractivity contribution < 1.29 is 18.3 Å². The quantitative estimate of drug-likeness (QED) is 0.836. The van der Waals surface area contributed by atoms with Gasteiger partial charge in [-0.2, -0.15) is 0 Å². The van der Waals surface area contributed by atoms with Crippen LogP contribution in [-0.4, -0.2) is 49.2 Å². The lowest BCUT2D eigenvalue weighted by Crippen LogP contribution is -2.35. The summed E-state index contributed by atoms with van der Waals surface area (Å²) in [5.41, 5.74) is 0.736. The van der Waals surface area contributed by atoms with E-state index in [0.717, 1.165) is 24.8 Å². The van der Waals surface area contributed by atoms with E-state index in [4.69, 9.17) is 4.74 Å². The Morgan fingerprint density at radius 2 is 2.05 bits per heavy atom. The van der Waals surface area contributed by atoms with Crippen LogP contribution in [0.5, 0.6) is 0 Å². The predicted octanol–water partition coefficient (Wildman–Crippen LogP) is 1.69. The van der Waals surface area contributed by atoms with Gasteiger partial charge >= 0.3 is 0 Å². The van der Waals surface area contributed by atoms with E-state index in [1.807, 2.05) is 6.92 Å². The van der Waals surface area contributed by atoms with Gasteiger partial charge in [0.1, 0.15) is 6.10 Å². The topological polar surface area (TPSA) is 70.1 Å². The zero-order valence-electron chi connectivity index (χ0n) is 13.0. The fourth-order valence-electron chi connectivity index (χ4n) is 3.29. The number of aliphatic hydroxyl groups excluding tert-OH is 1. The number of rotatable bonds is 5. The van der Waals surface area contributed by atoms with Gasteiger partial charge in [-0.3, -0.25) is 0 Å². The SMILES string of the molecule is Cc1ccc(S(=O)(=O)N(C)CC[C@]23CCC[C@@H](O)[C@H]2O3)cc1. The molecule has 0 radical (unpaired) electrons. The number of nitrogens with zero attached hydrogens (tertiary/aromatic N) is 1. The van der Waals surface area contributed by atoms with E-state index in [2.05, 4.69) is 0 Å². The Morgan fingerprint density at radius 1 is 1.36 bits per heavy atom. The second kappa shape index (κ2) is 5.60. The van der Waals surface area contributed by atoms with Gasteiger partial charge in [-0.1, -0.05) is 17.7 Å². The van der Waals surface area contributed by atoms with Crippen molar-refractivity contribution in [2.24, 2.45) is 0 Å². The maximum atomic E-state index is 12.5. The molecule has 1 N–H and O–H groups in total. The molecule has 0 spiro atoms. The maximum absolute atomic E-state index is 12.5. The lowest BCUT2D eigenvalue weighted by molar-refractivity contribution is 0.122. The van der Waals surface area contributed by atoms with Crippen molar-refractivity contribution in [2.45, 2.75) is 55.3 Å². The van der Waals surface area contributed by atoms with Crippen molar-refractivity contribution >= 4 is 10.0 Å². The second-order valence-corrected chi connectivity index (χ2v) is 8.50. The largest absolute Gasteiger partial charge is 0.390 e. The highest BCUT2D eigenvalue weighted by molar-refractivity contribution is 7.89. The molecule has 0 unspecified atom stereocenters. The molecule has 1 saturated carbocycles. The first kappa shape index (κ1) is 15.9. The molecule has 0 aromatic heterocycles. The van der Waals surface area contributed by atoms with Gasteiger partial charge in [0.25, 0.3) is 0 Å². The second-order valence-electron chi connectivity index (χ2n) is 6.45. The number of aryl methyl sites for hydroxylation is 1. The molecule has 0 bridgehead atoms. The highest BCUT2D eigenvalue weighted by atomic mass is 32.2. The van der Waals surface area contributed by atoms with Gasteiger partial charge in [-0.15, -0.1) is 0 Å². The third kappa shape index (κ3) is 2.80. The average Bonchev–Trinajstić information content (AvgIpc) is 3.22. The molecule has 2 aliphatic rings. The first-order valence-electron chi connectivity index (χ1n) is 7.74. The zero-order chi connectivity index (χ0) is 16.0. The smallest absolute Gasteiger partial charge is 0.242 e. The Labute approximate surface area is 131 Å². The number of benzene rings is 1. The Balaban J connectivity index is 1.64. The van der Waals surface area contributed by atoms with E-state index in [9.17, 15) is 13.5 Å². The number of fused-ring (bicyclic) bond motifs is 1. The fourth-order valence-corrected chi connectivity index (χ4v) is 4.47. The molecule has 6 heteroatoms. The minimum atomic E-state index is -3.46. The van der Waals surface area contributed by atoms with Crippen LogP contribution in [0.3, 0.4) is 0 Å². The van der Waals surface area contributed by atoms with Crippen molar-refractivity contribution in [2.75, 3.05) is 13.6 Å². The van der Waals surface area contributed by atoms with Gasteiger partial charge in [-0.05, 0) is 44.7 Å². The molecule has 1 aromatic rings. The summed E-state index contributed by atoms with van der Waals surface area (Å²) in [4.78, 5) is 0.315. The van der Waals surface area contributed by atoms with Crippen LogP contribution in [0, 0.1) is 6.92 Å². The van der Waals surface area contributed by atoms with Crippen LogP contribution < -0.4 is 0 Å². The fraction of sp³-hybridized carbons (Fsp3) is 0.625. The van der Waals surface area contributed by atoms with Crippen LogP contribution in [0.25, 0.3) is 0 Å². The highest BCUT2D eigenvalue weighted by Crippen LogP contribution is 2.50. The highest BCUT2D eigenvalue weighted by Gasteiger charge is 2.60. The van der Waals surface area contributed by atoms with Crippen LogP contribution in [-0.2, 0) is 14.8 Å². The molecule has 3 rings (SSSR count). The van der Waals surface area contributed by atoms with E-state index < -0.39 is 16.1 Å². The molecule has 1 saturated heterocycles. The predicted molar refractivity (Wildman–Crippen MR) is 83.1 cm³/mol. The first-order chi connectivity index (χ1) is 10.3. The number of hydrogen-bond acceptors (Lipinski definition) is 4. The monoisotopic (exact) mass is 325 g/mol. The van der Waals surface area contributed by atoms with E-state index >= 15 is 0 Å². The van der Waals surface area contributed by atoms with E-state index in [1.165, 1.54) is 4.31 Å². The first-order valence-corrected chi connectivity index (χ1v) is 9.18. The van der Waals surface area contributed by atoms with Gasteiger partial charge in [0, 0.05) is 13.6 Å². The Kier molecular flexibility index (Phi) is 4.05. The number of epoxide rings is 1. The lowest BCUT2D eigenvalue weighted by Gasteiger charge is -2.23. The molecule has 5 nitrogen and oxygen atoms in total. The van der Waals surface area contributed by atoms with Crippen LogP contribution in [0.1, 0.15) is 31.2 Å². The molecule has 3 atom stereocenters. The van der Waals surface area contributed by atoms with Crippen molar-refractivity contribution in [1.29, 1.82) is 0 Å². The normalized spacial score (nSPS) is 31.1. The number of sulfonamides is 1. The summed E-state index contributed by atoms with van der Waals surface area (Å²) in [5.74, 6) is 0. The molecular formula is C16H23NO4S. The third-order valence-corrected chi connectivity index (χ3v) is 6.72. The van der Waals surface area contributed by atoms with Gasteiger partial charge in [-0.25, -0.2) is 12.7 Å². The molecule has 0 amide bonds. The van der Waals surface area contributed by atoms with Gasteiger partial charge in [0.05, 0.1) is 16.6 Å². The molecule has 1 aliphatic heterocycles. The van der Waals surface area contributed by atoms with Crippen LogP contribution in [0.15, 0.2) is 29.2 Å². The number of ether oxygens (including phenoxy) is 1. The Morgan fingerprint density at radius 3 is 2.73 bits per heavy atom.